The van der Waals surface area contributed by atoms with Gasteiger partial charge in [-0.05, 0) is 79.5 Å². The number of unbranched alkanes of at least 4 members (excludes halogenated alkanes) is 2. The van der Waals surface area contributed by atoms with Gasteiger partial charge in [0, 0.05) is 28.6 Å². The van der Waals surface area contributed by atoms with Crippen molar-refractivity contribution in [2.24, 2.45) is 0 Å². The molecule has 40 heavy (non-hydrogen) atoms. The van der Waals surface area contributed by atoms with Crippen LogP contribution in [0.1, 0.15) is 61.0 Å². The Hall–Kier alpha value is -3.06. The number of thioether (sulfide) groups is 1. The monoisotopic (exact) mass is 575 g/mol. The van der Waals surface area contributed by atoms with Gasteiger partial charge < -0.3 is 15.1 Å². The Labute approximate surface area is 247 Å². The molecule has 0 saturated heterocycles. The van der Waals surface area contributed by atoms with Gasteiger partial charge in [0.25, 0.3) is 11.8 Å². The maximum Gasteiger partial charge on any atom is 0.265 e. The Balaban J connectivity index is 1.42. The molecule has 0 spiro atoms. The first-order chi connectivity index (χ1) is 19.5. The smallest absolute Gasteiger partial charge is 0.265 e. The number of rotatable bonds is 13. The van der Waals surface area contributed by atoms with E-state index < -0.39 is 0 Å². The second-order valence-electron chi connectivity index (χ2n) is 10.0. The average molecular weight is 576 g/mol. The minimum Gasteiger partial charge on any atom is -0.351 e. The number of hydrogen-bond acceptors (Lipinski definition) is 4. The lowest BCUT2D eigenvalue weighted by atomic mass is 10.1. The number of carbonyl (C=O) groups excluding carboxylic acids is 2. The number of fused-ring (bicyclic) bond motifs is 1. The van der Waals surface area contributed by atoms with E-state index in [-0.39, 0.29) is 11.8 Å². The molecule has 1 aliphatic rings. The van der Waals surface area contributed by atoms with Crippen molar-refractivity contribution in [1.29, 1.82) is 0 Å². The van der Waals surface area contributed by atoms with Gasteiger partial charge in [-0.1, -0.05) is 86.5 Å². The molecule has 7 heteroatoms. The largest absolute Gasteiger partial charge is 0.351 e. The third-order valence-corrected chi connectivity index (χ3v) is 8.21. The highest BCUT2D eigenvalue weighted by Crippen LogP contribution is 2.42. The molecule has 4 rings (SSSR count). The summed E-state index contributed by atoms with van der Waals surface area (Å²) in [6.45, 7) is 8.49. The third kappa shape index (κ3) is 8.23. The maximum absolute atomic E-state index is 13.6. The quantitative estimate of drug-likeness (QED) is 0.213. The second kappa shape index (κ2) is 15.1. The lowest BCUT2D eigenvalue weighted by Crippen LogP contribution is -2.36. The van der Waals surface area contributed by atoms with Gasteiger partial charge in [-0.2, -0.15) is 0 Å². The number of nitrogens with one attached hydrogen (secondary N) is 1. The summed E-state index contributed by atoms with van der Waals surface area (Å²) in [4.78, 5) is 32.3. The molecule has 0 atom stereocenters. The Morgan fingerprint density at radius 2 is 1.68 bits per heavy atom. The van der Waals surface area contributed by atoms with E-state index in [4.69, 9.17) is 11.6 Å². The maximum atomic E-state index is 13.6. The standard InChI is InChI=1S/C33H38ClN3O2S/c1-3-5-19-36(20-6-4-2)21-18-35-32(38)27-16-14-25(15-17-27)23-31-33(39)37(24-26-10-9-11-28(34)22-26)29-12-7-8-13-30(29)40-31/h7-17,22-23H,3-6,18-21,24H2,1-2H3,(H,35,38). The van der Waals surface area contributed by atoms with E-state index in [9.17, 15) is 9.59 Å². The Bertz CT molecular complexity index is 1320. The molecule has 2 amide bonds. The van der Waals surface area contributed by atoms with Crippen molar-refractivity contribution in [3.05, 3.63) is 99.4 Å². The number of halogens is 1. The van der Waals surface area contributed by atoms with Gasteiger partial charge in [-0.15, -0.1) is 0 Å². The molecule has 0 bridgehead atoms. The molecule has 0 aromatic heterocycles. The van der Waals surface area contributed by atoms with E-state index in [1.54, 1.807) is 4.90 Å². The third-order valence-electron chi connectivity index (χ3n) is 6.90. The highest BCUT2D eigenvalue weighted by atomic mass is 35.5. The molecular weight excluding hydrogens is 538 g/mol. The van der Waals surface area contributed by atoms with Crippen molar-refractivity contribution in [1.82, 2.24) is 10.2 Å². The number of para-hydroxylation sites is 1. The zero-order valence-electron chi connectivity index (χ0n) is 23.4. The fraction of sp³-hybridized carbons (Fsp3) is 0.333. The van der Waals surface area contributed by atoms with E-state index in [2.05, 4.69) is 24.1 Å². The number of nitrogens with zero attached hydrogens (tertiary/aromatic N) is 2. The number of amides is 2. The summed E-state index contributed by atoms with van der Waals surface area (Å²) < 4.78 is 0. The Kier molecular flexibility index (Phi) is 11.3. The first kappa shape index (κ1) is 29.9. The summed E-state index contributed by atoms with van der Waals surface area (Å²) in [6, 6.07) is 23.0. The molecule has 3 aromatic rings. The van der Waals surface area contributed by atoms with Crippen LogP contribution in [-0.4, -0.2) is 42.9 Å². The molecule has 5 nitrogen and oxygen atoms in total. The van der Waals surface area contributed by atoms with Crippen molar-refractivity contribution in [2.75, 3.05) is 31.1 Å². The van der Waals surface area contributed by atoms with E-state index in [0.717, 1.165) is 41.3 Å². The van der Waals surface area contributed by atoms with Crippen LogP contribution in [0.5, 0.6) is 0 Å². The van der Waals surface area contributed by atoms with Crippen LogP contribution >= 0.6 is 23.4 Å². The van der Waals surface area contributed by atoms with Crippen LogP contribution < -0.4 is 10.2 Å². The van der Waals surface area contributed by atoms with Gasteiger partial charge >= 0.3 is 0 Å². The minimum absolute atomic E-state index is 0.0544. The van der Waals surface area contributed by atoms with Crippen LogP contribution in [0.4, 0.5) is 5.69 Å². The topological polar surface area (TPSA) is 52.7 Å². The lowest BCUT2D eigenvalue weighted by Gasteiger charge is -2.30. The van der Waals surface area contributed by atoms with E-state index in [1.165, 1.54) is 37.4 Å². The van der Waals surface area contributed by atoms with E-state index >= 15 is 0 Å². The number of anilines is 1. The molecule has 1 heterocycles. The molecular formula is C33H38ClN3O2S. The molecule has 0 radical (unpaired) electrons. The van der Waals surface area contributed by atoms with Crippen LogP contribution in [-0.2, 0) is 11.3 Å². The van der Waals surface area contributed by atoms with Gasteiger partial charge in [-0.3, -0.25) is 9.59 Å². The average Bonchev–Trinajstić information content (AvgIpc) is 2.96. The zero-order chi connectivity index (χ0) is 28.3. The molecule has 1 N–H and O–H groups in total. The summed E-state index contributed by atoms with van der Waals surface area (Å²) >= 11 is 7.67. The first-order valence-corrected chi connectivity index (χ1v) is 15.3. The van der Waals surface area contributed by atoms with Gasteiger partial charge in [0.1, 0.15) is 0 Å². The number of carbonyl (C=O) groups is 2. The van der Waals surface area contributed by atoms with Crippen molar-refractivity contribution in [2.45, 2.75) is 51.0 Å². The molecule has 3 aromatic carbocycles. The second-order valence-corrected chi connectivity index (χ2v) is 11.5. The van der Waals surface area contributed by atoms with Crippen molar-refractivity contribution < 1.29 is 9.59 Å². The van der Waals surface area contributed by atoms with Gasteiger partial charge in [0.05, 0.1) is 17.1 Å². The van der Waals surface area contributed by atoms with Crippen LogP contribution in [0.2, 0.25) is 5.02 Å². The number of benzene rings is 3. The Morgan fingerprint density at radius 3 is 2.38 bits per heavy atom. The first-order valence-electron chi connectivity index (χ1n) is 14.1. The molecule has 0 unspecified atom stereocenters. The van der Waals surface area contributed by atoms with E-state index in [0.29, 0.717) is 28.6 Å². The van der Waals surface area contributed by atoms with Crippen LogP contribution in [0.15, 0.2) is 82.6 Å². The Morgan fingerprint density at radius 1 is 0.950 bits per heavy atom. The van der Waals surface area contributed by atoms with Crippen LogP contribution in [0.25, 0.3) is 6.08 Å². The summed E-state index contributed by atoms with van der Waals surface area (Å²) in [5.74, 6) is -0.129. The van der Waals surface area contributed by atoms with Gasteiger partial charge in [0.15, 0.2) is 0 Å². The highest BCUT2D eigenvalue weighted by Gasteiger charge is 2.29. The minimum atomic E-state index is -0.0742. The highest BCUT2D eigenvalue weighted by molar-refractivity contribution is 8.04. The van der Waals surface area contributed by atoms with Crippen molar-refractivity contribution in [3.63, 3.8) is 0 Å². The van der Waals surface area contributed by atoms with Crippen LogP contribution in [0, 0.1) is 0 Å². The normalized spacial score (nSPS) is 14.1. The summed E-state index contributed by atoms with van der Waals surface area (Å²) in [5, 5.41) is 3.71. The van der Waals surface area contributed by atoms with Crippen LogP contribution in [0.3, 0.4) is 0 Å². The lowest BCUT2D eigenvalue weighted by molar-refractivity contribution is -0.114. The van der Waals surface area contributed by atoms with Gasteiger partial charge in [0.2, 0.25) is 0 Å². The molecule has 0 aliphatic carbocycles. The molecule has 0 saturated carbocycles. The molecule has 0 fully saturated rings. The van der Waals surface area contributed by atoms with Crippen molar-refractivity contribution >= 4 is 46.9 Å². The van der Waals surface area contributed by atoms with E-state index in [1.807, 2.05) is 78.9 Å². The van der Waals surface area contributed by atoms with Crippen molar-refractivity contribution in [3.8, 4) is 0 Å². The molecule has 1 aliphatic heterocycles. The summed E-state index contributed by atoms with van der Waals surface area (Å²) in [7, 11) is 0. The fourth-order valence-corrected chi connectivity index (χ4v) is 5.92. The number of hydrogen-bond donors (Lipinski definition) is 1. The fourth-order valence-electron chi connectivity index (χ4n) is 4.65. The summed E-state index contributed by atoms with van der Waals surface area (Å²) in [5.41, 5.74) is 3.35. The predicted molar refractivity (Wildman–Crippen MR) is 168 cm³/mol. The molecule has 210 valence electrons. The van der Waals surface area contributed by atoms with Gasteiger partial charge in [-0.25, -0.2) is 0 Å². The predicted octanol–water partition coefficient (Wildman–Crippen LogP) is 7.65. The zero-order valence-corrected chi connectivity index (χ0v) is 24.9. The summed E-state index contributed by atoms with van der Waals surface area (Å²) in [6.07, 6.45) is 6.61. The SMILES string of the molecule is CCCCN(CCCC)CCNC(=O)c1ccc(C=C2Sc3ccccc3N(Cc3cccc(Cl)c3)C2=O)cc1.